The average Bonchev–Trinajstić information content (AvgIpc) is 2.75. The maximum Gasteiger partial charge on any atom is 0.255 e. The minimum Gasteiger partial charge on any atom is -0.340 e. The van der Waals surface area contributed by atoms with Gasteiger partial charge in [-0.2, -0.15) is 19.6 Å². The molecule has 0 saturated heterocycles. The zero-order valence-electron chi connectivity index (χ0n) is 9.31. The highest BCUT2D eigenvalue weighted by atomic mass is 35.5. The Morgan fingerprint density at radius 1 is 1.16 bits per heavy atom. The third-order valence-corrected chi connectivity index (χ3v) is 2.77. The number of benzene rings is 1. The molecule has 1 N–H and O–H groups in total. The molecule has 0 saturated carbocycles. The minimum atomic E-state index is -0.440. The monoisotopic (exact) mass is 297 g/mol. The van der Waals surface area contributed by atoms with E-state index in [4.69, 9.17) is 23.2 Å². The summed E-state index contributed by atoms with van der Waals surface area (Å²) in [5.41, 5.74) is 0.476. The van der Waals surface area contributed by atoms with E-state index >= 15 is 0 Å². The molecule has 1 aromatic carbocycles. The molecule has 0 spiro atoms. The average molecular weight is 298 g/mol. The van der Waals surface area contributed by atoms with E-state index in [1.165, 1.54) is 23.0 Å². The van der Waals surface area contributed by atoms with E-state index in [0.717, 1.165) is 0 Å². The van der Waals surface area contributed by atoms with Gasteiger partial charge in [-0.25, -0.2) is 4.39 Å². The molecule has 8 heteroatoms. The van der Waals surface area contributed by atoms with E-state index in [2.05, 4.69) is 20.4 Å². The van der Waals surface area contributed by atoms with E-state index in [0.29, 0.717) is 17.3 Å². The molecular formula is C11H6Cl2FN5. The van der Waals surface area contributed by atoms with Gasteiger partial charge in [-0.3, -0.25) is 0 Å². The second-order valence-corrected chi connectivity index (χ2v) is 4.54. The van der Waals surface area contributed by atoms with E-state index < -0.39 is 5.82 Å². The molecule has 96 valence electrons. The summed E-state index contributed by atoms with van der Waals surface area (Å²) >= 11 is 11.7. The Morgan fingerprint density at radius 3 is 2.79 bits per heavy atom. The van der Waals surface area contributed by atoms with Gasteiger partial charge < -0.3 is 5.32 Å². The van der Waals surface area contributed by atoms with Crippen molar-refractivity contribution < 1.29 is 4.39 Å². The first-order valence-corrected chi connectivity index (χ1v) is 5.97. The molecule has 0 unspecified atom stereocenters. The van der Waals surface area contributed by atoms with Gasteiger partial charge in [-0.05, 0) is 18.2 Å². The largest absolute Gasteiger partial charge is 0.340 e. The van der Waals surface area contributed by atoms with Crippen molar-refractivity contribution in [3.63, 3.8) is 0 Å². The van der Waals surface area contributed by atoms with Crippen LogP contribution in [0, 0.1) is 5.82 Å². The molecule has 0 aliphatic rings. The van der Waals surface area contributed by atoms with Crippen LogP contribution in [0.1, 0.15) is 0 Å². The van der Waals surface area contributed by atoms with Gasteiger partial charge in [-0.1, -0.05) is 23.2 Å². The van der Waals surface area contributed by atoms with E-state index in [9.17, 15) is 4.39 Å². The topological polar surface area (TPSA) is 55.1 Å². The Hall–Kier alpha value is -1.92. The Labute approximate surface area is 117 Å². The summed E-state index contributed by atoms with van der Waals surface area (Å²) in [6.45, 7) is 0. The first-order chi connectivity index (χ1) is 9.11. The van der Waals surface area contributed by atoms with Crippen molar-refractivity contribution in [3.05, 3.63) is 46.6 Å². The summed E-state index contributed by atoms with van der Waals surface area (Å²) < 4.78 is 14.7. The lowest BCUT2D eigenvalue weighted by Gasteiger charge is -2.08. The maximum atomic E-state index is 13.3. The van der Waals surface area contributed by atoms with Crippen LogP contribution in [-0.4, -0.2) is 19.6 Å². The summed E-state index contributed by atoms with van der Waals surface area (Å²) in [6, 6.07) is 5.67. The Balaban J connectivity index is 2.07. The fraction of sp³-hybridized carbons (Fsp3) is 0. The predicted molar refractivity (Wildman–Crippen MR) is 70.5 cm³/mol. The number of nitrogens with zero attached hydrogens (tertiary/aromatic N) is 4. The molecule has 0 aliphatic heterocycles. The number of nitrogens with one attached hydrogen (secondary N) is 1. The van der Waals surface area contributed by atoms with Crippen LogP contribution in [0.3, 0.4) is 0 Å². The zero-order valence-corrected chi connectivity index (χ0v) is 10.8. The van der Waals surface area contributed by atoms with Gasteiger partial charge in [0.15, 0.2) is 0 Å². The lowest BCUT2D eigenvalue weighted by Crippen LogP contribution is -2.01. The Kier molecular flexibility index (Phi) is 2.96. The van der Waals surface area contributed by atoms with E-state index in [1.54, 1.807) is 12.1 Å². The molecule has 0 amide bonds. The summed E-state index contributed by atoms with van der Waals surface area (Å²) in [7, 11) is 0. The summed E-state index contributed by atoms with van der Waals surface area (Å²) in [4.78, 5) is 7.92. The van der Waals surface area contributed by atoms with Crippen molar-refractivity contribution >= 4 is 40.5 Å². The highest BCUT2D eigenvalue weighted by Crippen LogP contribution is 2.23. The molecule has 19 heavy (non-hydrogen) atoms. The molecule has 5 nitrogen and oxygen atoms in total. The van der Waals surface area contributed by atoms with E-state index in [1.807, 2.05) is 0 Å². The number of halogens is 3. The fourth-order valence-electron chi connectivity index (χ4n) is 1.65. The third kappa shape index (κ3) is 2.45. The predicted octanol–water partition coefficient (Wildman–Crippen LogP) is 3.31. The Bertz CT molecular complexity index is 738. The lowest BCUT2D eigenvalue weighted by molar-refractivity contribution is 0.628. The van der Waals surface area contributed by atoms with Gasteiger partial charge in [0.2, 0.25) is 0 Å². The van der Waals surface area contributed by atoms with Crippen LogP contribution in [0.15, 0.2) is 30.6 Å². The summed E-state index contributed by atoms with van der Waals surface area (Å²) in [6.07, 6.45) is 1.35. The van der Waals surface area contributed by atoms with Crippen LogP contribution in [-0.2, 0) is 0 Å². The van der Waals surface area contributed by atoms with Crippen molar-refractivity contribution in [1.29, 1.82) is 0 Å². The van der Waals surface area contributed by atoms with Crippen molar-refractivity contribution in [2.45, 2.75) is 0 Å². The standard InChI is InChI=1S/C11H6Cl2FN5/c12-6-1-7(14)3-8(2-6)17-10-4-9(13)18-11-15-5-16-19(10)11/h1-5,17H. The second-order valence-electron chi connectivity index (χ2n) is 3.72. The summed E-state index contributed by atoms with van der Waals surface area (Å²) in [5, 5.41) is 7.51. The van der Waals surface area contributed by atoms with Crippen molar-refractivity contribution in [1.82, 2.24) is 19.6 Å². The molecule has 0 aliphatic carbocycles. The van der Waals surface area contributed by atoms with Gasteiger partial charge in [0.1, 0.15) is 23.1 Å². The van der Waals surface area contributed by atoms with Crippen molar-refractivity contribution in [2.24, 2.45) is 0 Å². The lowest BCUT2D eigenvalue weighted by atomic mass is 10.3. The maximum absolute atomic E-state index is 13.3. The van der Waals surface area contributed by atoms with E-state index in [-0.39, 0.29) is 10.2 Å². The van der Waals surface area contributed by atoms with Crippen LogP contribution in [0.2, 0.25) is 10.2 Å². The normalized spacial score (nSPS) is 10.9. The minimum absolute atomic E-state index is 0.255. The quantitative estimate of drug-likeness (QED) is 0.737. The van der Waals surface area contributed by atoms with Crippen molar-refractivity contribution in [2.75, 3.05) is 5.32 Å². The molecule has 2 aromatic heterocycles. The van der Waals surface area contributed by atoms with Crippen LogP contribution >= 0.6 is 23.2 Å². The number of hydrogen-bond donors (Lipinski definition) is 1. The highest BCUT2D eigenvalue weighted by Gasteiger charge is 2.07. The van der Waals surface area contributed by atoms with Gasteiger partial charge in [0, 0.05) is 16.8 Å². The van der Waals surface area contributed by atoms with Gasteiger partial charge in [0.05, 0.1) is 0 Å². The molecule has 0 atom stereocenters. The smallest absolute Gasteiger partial charge is 0.255 e. The molecule has 0 radical (unpaired) electrons. The Morgan fingerprint density at radius 2 is 2.00 bits per heavy atom. The van der Waals surface area contributed by atoms with Crippen LogP contribution < -0.4 is 5.32 Å². The first kappa shape index (κ1) is 12.1. The van der Waals surface area contributed by atoms with Crippen molar-refractivity contribution in [3.8, 4) is 0 Å². The number of aromatic nitrogens is 4. The molecular weight excluding hydrogens is 292 g/mol. The third-order valence-electron chi connectivity index (χ3n) is 2.36. The molecule has 3 aromatic rings. The molecule has 0 fully saturated rings. The van der Waals surface area contributed by atoms with Gasteiger partial charge in [-0.15, -0.1) is 0 Å². The number of rotatable bonds is 2. The number of anilines is 2. The van der Waals surface area contributed by atoms with Crippen LogP contribution in [0.25, 0.3) is 5.78 Å². The SMILES string of the molecule is Fc1cc(Cl)cc(Nc2cc(Cl)nc3ncnn23)c1. The highest BCUT2D eigenvalue weighted by molar-refractivity contribution is 6.31. The summed E-state index contributed by atoms with van der Waals surface area (Å²) in [5.74, 6) is 0.414. The first-order valence-electron chi connectivity index (χ1n) is 5.21. The second kappa shape index (κ2) is 4.64. The molecule has 2 heterocycles. The fourth-order valence-corrected chi connectivity index (χ4v) is 2.05. The number of fused-ring (bicyclic) bond motifs is 1. The van der Waals surface area contributed by atoms with Crippen LogP contribution in [0.4, 0.5) is 15.9 Å². The number of hydrogen-bond acceptors (Lipinski definition) is 4. The van der Waals surface area contributed by atoms with Crippen LogP contribution in [0.5, 0.6) is 0 Å². The zero-order chi connectivity index (χ0) is 13.4. The molecule has 3 rings (SSSR count). The van der Waals surface area contributed by atoms with Gasteiger partial charge >= 0.3 is 0 Å². The van der Waals surface area contributed by atoms with Gasteiger partial charge in [0.25, 0.3) is 5.78 Å². The molecule has 0 bridgehead atoms.